The van der Waals surface area contributed by atoms with Gasteiger partial charge in [0.2, 0.25) is 11.8 Å². The first kappa shape index (κ1) is 32.4. The van der Waals surface area contributed by atoms with E-state index < -0.39 is 29.7 Å². The van der Waals surface area contributed by atoms with Crippen LogP contribution in [-0.4, -0.2) is 64.0 Å². The number of benzene rings is 2. The van der Waals surface area contributed by atoms with E-state index in [-0.39, 0.29) is 30.5 Å². The van der Waals surface area contributed by atoms with Crippen molar-refractivity contribution in [2.24, 2.45) is 5.92 Å². The molecule has 0 saturated carbocycles. The first-order chi connectivity index (χ1) is 21.0. The smallest absolute Gasteiger partial charge is 0.272 e. The summed E-state index contributed by atoms with van der Waals surface area (Å²) in [4.78, 5) is 55.1. The standard InChI is InChI=1S/C33H41FN6O4/c1-5-40-29(18-25(38-40)16-21(2)3)33(44)39-19-28(24-11-7-6-8-12-24)37-31(42)22(4)36-32(43)26-17-23(13-14-27(26)34)10-9-15-35-30(41)20-39/h6-8,11-14,17-18,21-22,28H,5,9-10,15-16,19-20H2,1-4H3,(H,35,41)(H,36,43)(H,37,42)/t22-,28-/m1/s1. The van der Waals surface area contributed by atoms with E-state index in [9.17, 15) is 23.6 Å². The topological polar surface area (TPSA) is 125 Å². The summed E-state index contributed by atoms with van der Waals surface area (Å²) < 4.78 is 16.2. The molecule has 0 saturated heterocycles. The summed E-state index contributed by atoms with van der Waals surface area (Å²) in [5, 5.41) is 13.0. The van der Waals surface area contributed by atoms with Crippen LogP contribution in [0.4, 0.5) is 4.39 Å². The zero-order chi connectivity index (χ0) is 31.8. The highest BCUT2D eigenvalue weighted by molar-refractivity contribution is 5.98. The summed E-state index contributed by atoms with van der Waals surface area (Å²) in [6.45, 7) is 8.10. The highest BCUT2D eigenvalue weighted by atomic mass is 19.1. The minimum Gasteiger partial charge on any atom is -0.355 e. The lowest BCUT2D eigenvalue weighted by atomic mass is 10.0. The van der Waals surface area contributed by atoms with Crippen molar-refractivity contribution in [1.29, 1.82) is 0 Å². The second-order valence-corrected chi connectivity index (χ2v) is 11.6. The molecule has 0 aliphatic carbocycles. The molecule has 4 amide bonds. The molecule has 1 aliphatic heterocycles. The third-order valence-corrected chi connectivity index (χ3v) is 7.49. The van der Waals surface area contributed by atoms with E-state index in [1.807, 2.05) is 37.3 Å². The van der Waals surface area contributed by atoms with Gasteiger partial charge in [0.05, 0.1) is 23.8 Å². The molecule has 0 fully saturated rings. The van der Waals surface area contributed by atoms with Crippen LogP contribution in [0.3, 0.4) is 0 Å². The van der Waals surface area contributed by atoms with Gasteiger partial charge in [-0.3, -0.25) is 23.9 Å². The van der Waals surface area contributed by atoms with E-state index in [0.29, 0.717) is 49.5 Å². The summed E-state index contributed by atoms with van der Waals surface area (Å²) in [6, 6.07) is 13.4. The Labute approximate surface area is 257 Å². The lowest BCUT2D eigenvalue weighted by Gasteiger charge is -2.29. The molecule has 44 heavy (non-hydrogen) atoms. The molecule has 2 bridgehead atoms. The number of fused-ring (bicyclic) bond motifs is 2. The predicted octanol–water partition coefficient (Wildman–Crippen LogP) is 3.42. The fourth-order valence-electron chi connectivity index (χ4n) is 5.21. The number of carbonyl (C=O) groups is 4. The predicted molar refractivity (Wildman–Crippen MR) is 164 cm³/mol. The third-order valence-electron chi connectivity index (χ3n) is 7.49. The van der Waals surface area contributed by atoms with Gasteiger partial charge in [0, 0.05) is 19.6 Å². The minimum absolute atomic E-state index is 0.0213. The molecule has 0 radical (unpaired) electrons. The lowest BCUT2D eigenvalue weighted by molar-refractivity contribution is -0.123. The number of halogens is 1. The molecule has 2 heterocycles. The monoisotopic (exact) mass is 604 g/mol. The van der Waals surface area contributed by atoms with E-state index in [1.165, 1.54) is 24.0 Å². The van der Waals surface area contributed by atoms with Crippen LogP contribution in [0.2, 0.25) is 0 Å². The number of hydrogen-bond donors (Lipinski definition) is 3. The Morgan fingerprint density at radius 3 is 2.52 bits per heavy atom. The number of amides is 4. The first-order valence-electron chi connectivity index (χ1n) is 15.1. The zero-order valence-electron chi connectivity index (χ0n) is 25.7. The number of aromatic nitrogens is 2. The van der Waals surface area contributed by atoms with Gasteiger partial charge in [-0.15, -0.1) is 0 Å². The van der Waals surface area contributed by atoms with Gasteiger partial charge in [0.25, 0.3) is 11.8 Å². The van der Waals surface area contributed by atoms with E-state index in [4.69, 9.17) is 0 Å². The number of nitrogens with zero attached hydrogens (tertiary/aromatic N) is 3. The molecule has 10 nitrogen and oxygen atoms in total. The van der Waals surface area contributed by atoms with Crippen molar-refractivity contribution in [2.45, 2.75) is 65.6 Å². The van der Waals surface area contributed by atoms with Gasteiger partial charge in [0.1, 0.15) is 17.6 Å². The quantitative estimate of drug-likeness (QED) is 0.412. The SMILES string of the molecule is CCn1nc(CC(C)C)cc1C(=O)N1CC(=O)NCCCc2ccc(F)c(c2)C(=O)N[C@H](C)C(=O)N[C@@H](c2ccccc2)C1. The van der Waals surface area contributed by atoms with Gasteiger partial charge < -0.3 is 20.9 Å². The fraction of sp³-hybridized carbons (Fsp3) is 0.424. The van der Waals surface area contributed by atoms with Gasteiger partial charge in [-0.1, -0.05) is 50.2 Å². The fourth-order valence-corrected chi connectivity index (χ4v) is 5.21. The summed E-state index contributed by atoms with van der Waals surface area (Å²) in [5.74, 6) is -2.31. The van der Waals surface area contributed by atoms with E-state index in [2.05, 4.69) is 34.9 Å². The van der Waals surface area contributed by atoms with Crippen molar-refractivity contribution < 1.29 is 23.6 Å². The molecule has 3 aromatic rings. The normalized spacial score (nSPS) is 18.8. The van der Waals surface area contributed by atoms with E-state index >= 15 is 0 Å². The summed E-state index contributed by atoms with van der Waals surface area (Å²) in [5.41, 5.74) is 2.42. The second kappa shape index (κ2) is 14.8. The van der Waals surface area contributed by atoms with Gasteiger partial charge >= 0.3 is 0 Å². The van der Waals surface area contributed by atoms with E-state index in [0.717, 1.165) is 11.3 Å². The van der Waals surface area contributed by atoms with Crippen LogP contribution in [0.5, 0.6) is 0 Å². The molecule has 0 spiro atoms. The molecular formula is C33H41FN6O4. The Balaban J connectivity index is 1.69. The maximum Gasteiger partial charge on any atom is 0.272 e. The number of hydrogen-bond acceptors (Lipinski definition) is 5. The van der Waals surface area contributed by atoms with Crippen LogP contribution in [0.15, 0.2) is 54.6 Å². The third kappa shape index (κ3) is 8.30. The Morgan fingerprint density at radius 2 is 1.82 bits per heavy atom. The van der Waals surface area contributed by atoms with Crippen molar-refractivity contribution in [1.82, 2.24) is 30.6 Å². The second-order valence-electron chi connectivity index (χ2n) is 11.6. The van der Waals surface area contributed by atoms with Gasteiger partial charge in [0.15, 0.2) is 0 Å². The van der Waals surface area contributed by atoms with Crippen LogP contribution < -0.4 is 16.0 Å². The molecule has 1 aliphatic rings. The van der Waals surface area contributed by atoms with E-state index in [1.54, 1.807) is 16.8 Å². The summed E-state index contributed by atoms with van der Waals surface area (Å²) >= 11 is 0. The van der Waals surface area contributed by atoms with Crippen LogP contribution in [-0.2, 0) is 29.0 Å². The maximum atomic E-state index is 14.6. The molecule has 11 heteroatoms. The average molecular weight is 605 g/mol. The van der Waals surface area contributed by atoms with Crippen molar-refractivity contribution in [3.8, 4) is 0 Å². The number of aryl methyl sites for hydroxylation is 2. The van der Waals surface area contributed by atoms with Gasteiger partial charge in [-0.2, -0.15) is 5.10 Å². The molecule has 0 unspecified atom stereocenters. The van der Waals surface area contributed by atoms with Gasteiger partial charge in [-0.05, 0) is 68.4 Å². The summed E-state index contributed by atoms with van der Waals surface area (Å²) in [6.07, 6.45) is 1.73. The summed E-state index contributed by atoms with van der Waals surface area (Å²) in [7, 11) is 0. The Bertz CT molecular complexity index is 1490. The van der Waals surface area contributed by atoms with Crippen molar-refractivity contribution in [2.75, 3.05) is 19.6 Å². The molecule has 3 N–H and O–H groups in total. The van der Waals surface area contributed by atoms with Crippen LogP contribution in [0.25, 0.3) is 0 Å². The minimum atomic E-state index is -1.01. The van der Waals surface area contributed by atoms with Crippen molar-refractivity contribution >= 4 is 23.6 Å². The number of nitrogens with one attached hydrogen (secondary N) is 3. The molecule has 2 aromatic carbocycles. The highest BCUT2D eigenvalue weighted by Gasteiger charge is 2.29. The number of carbonyl (C=O) groups excluding carboxylic acids is 4. The molecule has 1 aromatic heterocycles. The zero-order valence-corrected chi connectivity index (χ0v) is 25.7. The molecule has 2 atom stereocenters. The Kier molecular flexibility index (Phi) is 10.9. The number of rotatable bonds is 5. The molecular weight excluding hydrogens is 563 g/mol. The lowest BCUT2D eigenvalue weighted by Crippen LogP contribution is -2.50. The van der Waals surface area contributed by atoms with Crippen LogP contribution >= 0.6 is 0 Å². The first-order valence-corrected chi connectivity index (χ1v) is 15.1. The average Bonchev–Trinajstić information content (AvgIpc) is 3.40. The molecule has 234 valence electrons. The van der Waals surface area contributed by atoms with Crippen molar-refractivity contribution in [3.63, 3.8) is 0 Å². The Hall–Kier alpha value is -4.54. The van der Waals surface area contributed by atoms with Crippen molar-refractivity contribution in [3.05, 3.63) is 88.5 Å². The largest absolute Gasteiger partial charge is 0.355 e. The van der Waals surface area contributed by atoms with Crippen LogP contribution in [0.1, 0.15) is 77.8 Å². The maximum absolute atomic E-state index is 14.6. The Morgan fingerprint density at radius 1 is 1.07 bits per heavy atom. The van der Waals surface area contributed by atoms with Gasteiger partial charge in [-0.25, -0.2) is 4.39 Å². The molecule has 4 rings (SSSR count). The highest BCUT2D eigenvalue weighted by Crippen LogP contribution is 2.19. The van der Waals surface area contributed by atoms with Crippen LogP contribution in [0, 0.1) is 11.7 Å².